The minimum atomic E-state index is -0.191. The molecule has 0 aliphatic rings. The molecule has 1 aromatic rings. The fourth-order valence-electron chi connectivity index (χ4n) is 0.835. The quantitative estimate of drug-likeness (QED) is 0.695. The van der Waals surface area contributed by atoms with Crippen molar-refractivity contribution in [3.8, 4) is 0 Å². The Bertz CT molecular complexity index is 205. The molecule has 59 valence electrons. The van der Waals surface area contributed by atoms with Gasteiger partial charge in [-0.15, -0.1) is 0 Å². The van der Waals surface area contributed by atoms with Gasteiger partial charge in [-0.25, -0.2) is 4.39 Å². The third-order valence-electron chi connectivity index (χ3n) is 1.42. The lowest BCUT2D eigenvalue weighted by atomic mass is 10.2. The highest BCUT2D eigenvalue weighted by Gasteiger charge is 1.90. The molecule has 0 unspecified atom stereocenters. The van der Waals surface area contributed by atoms with E-state index < -0.39 is 0 Å². The Kier molecular flexibility index (Phi) is 3.05. The Hall–Kier alpha value is -0.890. The van der Waals surface area contributed by atoms with Gasteiger partial charge >= 0.3 is 0 Å². The number of rotatable bonds is 3. The van der Waals surface area contributed by atoms with E-state index in [4.69, 9.17) is 0 Å². The first-order chi connectivity index (χ1) is 5.33. The van der Waals surface area contributed by atoms with Crippen LogP contribution in [0.3, 0.4) is 0 Å². The maximum Gasteiger partial charge on any atom is 0.123 e. The Morgan fingerprint density at radius 3 is 2.45 bits per heavy atom. The zero-order chi connectivity index (χ0) is 8.10. The van der Waals surface area contributed by atoms with Gasteiger partial charge in [0.05, 0.1) is 0 Å². The minimum Gasteiger partial charge on any atom is -0.313 e. The summed E-state index contributed by atoms with van der Waals surface area (Å²) < 4.78 is 12.4. The van der Waals surface area contributed by atoms with Crippen molar-refractivity contribution in [1.29, 1.82) is 0 Å². The molecule has 1 radical (unpaired) electrons. The van der Waals surface area contributed by atoms with Crippen molar-refractivity contribution in [1.82, 2.24) is 5.32 Å². The highest BCUT2D eigenvalue weighted by atomic mass is 19.1. The van der Waals surface area contributed by atoms with Gasteiger partial charge < -0.3 is 5.32 Å². The molecule has 0 aliphatic heterocycles. The van der Waals surface area contributed by atoms with Crippen LogP contribution in [0.4, 0.5) is 4.39 Å². The molecule has 0 fully saturated rings. The van der Waals surface area contributed by atoms with E-state index in [2.05, 4.69) is 12.2 Å². The van der Waals surface area contributed by atoms with Crippen molar-refractivity contribution in [3.05, 3.63) is 42.6 Å². The third-order valence-corrected chi connectivity index (χ3v) is 1.42. The van der Waals surface area contributed by atoms with Crippen LogP contribution in [0.1, 0.15) is 5.56 Å². The van der Waals surface area contributed by atoms with Crippen LogP contribution in [-0.4, -0.2) is 6.54 Å². The summed E-state index contributed by atoms with van der Waals surface area (Å²) in [6.45, 7) is 5.08. The smallest absolute Gasteiger partial charge is 0.123 e. The maximum atomic E-state index is 12.4. The number of hydrogen-bond donors (Lipinski definition) is 1. The van der Waals surface area contributed by atoms with Crippen LogP contribution >= 0.6 is 0 Å². The number of halogens is 1. The first kappa shape index (κ1) is 8.21. The first-order valence-corrected chi connectivity index (χ1v) is 3.57. The normalized spacial score (nSPS) is 10.0. The third kappa shape index (κ3) is 2.68. The van der Waals surface area contributed by atoms with E-state index in [-0.39, 0.29) is 5.82 Å². The van der Waals surface area contributed by atoms with Crippen LogP contribution in [-0.2, 0) is 6.54 Å². The average molecular weight is 152 g/mol. The van der Waals surface area contributed by atoms with Crippen LogP contribution in [0.2, 0.25) is 0 Å². The summed E-state index contributed by atoms with van der Waals surface area (Å²) in [6, 6.07) is 6.44. The molecule has 1 N–H and O–H groups in total. The highest BCUT2D eigenvalue weighted by molar-refractivity contribution is 5.15. The zero-order valence-electron chi connectivity index (χ0n) is 6.31. The lowest BCUT2D eigenvalue weighted by molar-refractivity contribution is 0.626. The van der Waals surface area contributed by atoms with Crippen molar-refractivity contribution < 1.29 is 4.39 Å². The molecular weight excluding hydrogens is 141 g/mol. The molecule has 1 rings (SSSR count). The number of nitrogens with one attached hydrogen (secondary N) is 1. The predicted molar refractivity (Wildman–Crippen MR) is 43.5 cm³/mol. The Balaban J connectivity index is 2.52. The lowest BCUT2D eigenvalue weighted by Gasteiger charge is -2.00. The Morgan fingerprint density at radius 2 is 1.91 bits per heavy atom. The summed E-state index contributed by atoms with van der Waals surface area (Å²) in [5.41, 5.74) is 1.08. The van der Waals surface area contributed by atoms with E-state index in [9.17, 15) is 4.39 Å². The average Bonchev–Trinajstić information content (AvgIpc) is 2.04. The molecule has 0 saturated heterocycles. The second-order valence-corrected chi connectivity index (χ2v) is 2.30. The van der Waals surface area contributed by atoms with Crippen LogP contribution in [0.25, 0.3) is 0 Å². The fraction of sp³-hybridized carbons (Fsp3) is 0.222. The number of benzene rings is 1. The van der Waals surface area contributed by atoms with E-state index in [1.165, 1.54) is 12.1 Å². The topological polar surface area (TPSA) is 12.0 Å². The molecule has 0 aliphatic carbocycles. The van der Waals surface area contributed by atoms with E-state index >= 15 is 0 Å². The van der Waals surface area contributed by atoms with Crippen molar-refractivity contribution >= 4 is 0 Å². The van der Waals surface area contributed by atoms with Crippen molar-refractivity contribution in [2.45, 2.75) is 6.54 Å². The molecule has 0 bridgehead atoms. The molecule has 1 nitrogen and oxygen atoms in total. The lowest BCUT2D eigenvalue weighted by Crippen LogP contribution is -2.11. The fourth-order valence-corrected chi connectivity index (χ4v) is 0.835. The second-order valence-electron chi connectivity index (χ2n) is 2.30. The molecule has 0 amide bonds. The summed E-state index contributed by atoms with van der Waals surface area (Å²) in [7, 11) is 0. The van der Waals surface area contributed by atoms with Gasteiger partial charge in [0.25, 0.3) is 0 Å². The first-order valence-electron chi connectivity index (χ1n) is 3.57. The maximum absolute atomic E-state index is 12.4. The van der Waals surface area contributed by atoms with Crippen LogP contribution in [0.5, 0.6) is 0 Å². The van der Waals surface area contributed by atoms with Gasteiger partial charge in [-0.2, -0.15) is 0 Å². The van der Waals surface area contributed by atoms with Crippen LogP contribution in [0.15, 0.2) is 24.3 Å². The van der Waals surface area contributed by atoms with Gasteiger partial charge in [0.2, 0.25) is 0 Å². The van der Waals surface area contributed by atoms with Gasteiger partial charge in [0.15, 0.2) is 0 Å². The highest BCUT2D eigenvalue weighted by Crippen LogP contribution is 2.01. The second kappa shape index (κ2) is 4.09. The van der Waals surface area contributed by atoms with Gasteiger partial charge in [-0.1, -0.05) is 12.1 Å². The molecular formula is C9H11FN. The summed E-state index contributed by atoms with van der Waals surface area (Å²) in [6.07, 6.45) is 0. The minimum absolute atomic E-state index is 0.191. The van der Waals surface area contributed by atoms with E-state index in [1.807, 2.05) is 0 Å². The number of hydrogen-bond acceptors (Lipinski definition) is 1. The molecule has 11 heavy (non-hydrogen) atoms. The van der Waals surface area contributed by atoms with Crippen molar-refractivity contribution in [3.63, 3.8) is 0 Å². The molecule has 0 atom stereocenters. The van der Waals surface area contributed by atoms with Gasteiger partial charge in [0.1, 0.15) is 5.82 Å². The molecule has 0 spiro atoms. The van der Waals surface area contributed by atoms with E-state index in [0.717, 1.165) is 12.1 Å². The van der Waals surface area contributed by atoms with Crippen LogP contribution < -0.4 is 5.32 Å². The Morgan fingerprint density at radius 1 is 1.27 bits per heavy atom. The summed E-state index contributed by atoms with van der Waals surface area (Å²) >= 11 is 0. The molecule has 2 heteroatoms. The SMILES string of the molecule is [CH2]CNCc1ccc(F)cc1. The van der Waals surface area contributed by atoms with Crippen molar-refractivity contribution in [2.75, 3.05) is 6.54 Å². The molecule has 0 saturated carbocycles. The summed E-state index contributed by atoms with van der Waals surface area (Å²) in [4.78, 5) is 0. The van der Waals surface area contributed by atoms with Crippen LogP contribution in [0, 0.1) is 12.7 Å². The van der Waals surface area contributed by atoms with Crippen molar-refractivity contribution in [2.24, 2.45) is 0 Å². The molecule has 0 aromatic heterocycles. The Labute approximate surface area is 66.2 Å². The molecule has 1 aromatic carbocycles. The predicted octanol–water partition coefficient (Wildman–Crippen LogP) is 1.75. The van der Waals surface area contributed by atoms with Gasteiger partial charge in [0, 0.05) is 6.54 Å². The van der Waals surface area contributed by atoms with Gasteiger partial charge in [-0.3, -0.25) is 0 Å². The summed E-state index contributed by atoms with van der Waals surface area (Å²) in [5.74, 6) is -0.191. The largest absolute Gasteiger partial charge is 0.313 e. The zero-order valence-corrected chi connectivity index (χ0v) is 6.31. The molecule has 0 heterocycles. The monoisotopic (exact) mass is 152 g/mol. The standard InChI is InChI=1S/C9H11FN/c1-2-11-7-8-3-5-9(10)6-4-8/h3-6,11H,1-2,7H2. The summed E-state index contributed by atoms with van der Waals surface area (Å²) in [5, 5.41) is 3.05. The van der Waals surface area contributed by atoms with E-state index in [0.29, 0.717) is 6.54 Å². The van der Waals surface area contributed by atoms with E-state index in [1.54, 1.807) is 12.1 Å². The van der Waals surface area contributed by atoms with Gasteiger partial charge in [-0.05, 0) is 31.2 Å².